The summed E-state index contributed by atoms with van der Waals surface area (Å²) >= 11 is 0. The molecular weight excluding hydrogens is 212 g/mol. The third-order valence-electron chi connectivity index (χ3n) is 3.06. The summed E-state index contributed by atoms with van der Waals surface area (Å²) in [5.74, 6) is 0. The Morgan fingerprint density at radius 3 is 2.71 bits per heavy atom. The van der Waals surface area contributed by atoms with Gasteiger partial charge in [-0.05, 0) is 46.8 Å². The third kappa shape index (κ3) is 4.88. The second-order valence-corrected chi connectivity index (χ2v) is 4.68. The maximum Gasteiger partial charge on any atom is 0.0638 e. The first-order valence-electron chi connectivity index (χ1n) is 6.59. The van der Waals surface area contributed by atoms with E-state index in [1.807, 2.05) is 4.68 Å². The van der Waals surface area contributed by atoms with Crippen molar-refractivity contribution < 1.29 is 0 Å². The molecular formula is C13H26N4. The molecule has 0 atom stereocenters. The number of aromatic nitrogens is 2. The fourth-order valence-electron chi connectivity index (χ4n) is 1.95. The molecule has 0 fully saturated rings. The average Bonchev–Trinajstić information content (AvgIpc) is 2.66. The lowest BCUT2D eigenvalue weighted by Gasteiger charge is -2.15. The molecule has 4 nitrogen and oxygen atoms in total. The van der Waals surface area contributed by atoms with E-state index in [9.17, 15) is 0 Å². The summed E-state index contributed by atoms with van der Waals surface area (Å²) in [6.45, 7) is 8.09. The van der Waals surface area contributed by atoms with Gasteiger partial charge >= 0.3 is 0 Å². The Hall–Kier alpha value is -0.870. The molecule has 0 aliphatic carbocycles. The van der Waals surface area contributed by atoms with Crippen molar-refractivity contribution in [1.29, 1.82) is 0 Å². The molecule has 0 aromatic carbocycles. The van der Waals surface area contributed by atoms with Crippen LogP contribution >= 0.6 is 0 Å². The summed E-state index contributed by atoms with van der Waals surface area (Å²) in [6, 6.07) is 0. The summed E-state index contributed by atoms with van der Waals surface area (Å²) < 4.78 is 2.01. The van der Waals surface area contributed by atoms with Gasteiger partial charge < -0.3 is 10.6 Å². The standard InChI is InChI=1S/C13H26N4/c1-4-17-11-13(12(2)15-17)10-16(3)9-7-5-6-8-14/h11H,4-10,14H2,1-3H3. The van der Waals surface area contributed by atoms with Crippen LogP contribution in [0.3, 0.4) is 0 Å². The molecule has 0 bridgehead atoms. The molecule has 1 aromatic heterocycles. The number of unbranched alkanes of at least 4 members (excludes halogenated alkanes) is 2. The highest BCUT2D eigenvalue weighted by Gasteiger charge is 2.06. The lowest BCUT2D eigenvalue weighted by Crippen LogP contribution is -2.19. The van der Waals surface area contributed by atoms with Gasteiger partial charge in [0.25, 0.3) is 0 Å². The molecule has 1 heterocycles. The van der Waals surface area contributed by atoms with E-state index in [1.165, 1.54) is 18.4 Å². The predicted octanol–water partition coefficient (Wildman–Crippen LogP) is 1.77. The first-order chi connectivity index (χ1) is 8.17. The highest BCUT2D eigenvalue weighted by atomic mass is 15.3. The van der Waals surface area contributed by atoms with Crippen LogP contribution in [0, 0.1) is 6.92 Å². The SMILES string of the molecule is CCn1cc(CN(C)CCCCCN)c(C)n1. The Morgan fingerprint density at radius 1 is 1.35 bits per heavy atom. The van der Waals surface area contributed by atoms with E-state index in [2.05, 4.69) is 37.1 Å². The maximum absolute atomic E-state index is 5.48. The fourth-order valence-corrected chi connectivity index (χ4v) is 1.95. The fraction of sp³-hybridized carbons (Fsp3) is 0.769. The quantitative estimate of drug-likeness (QED) is 0.702. The summed E-state index contributed by atoms with van der Waals surface area (Å²) in [7, 11) is 2.17. The third-order valence-corrected chi connectivity index (χ3v) is 3.06. The summed E-state index contributed by atoms with van der Waals surface area (Å²) in [4.78, 5) is 2.36. The van der Waals surface area contributed by atoms with Gasteiger partial charge in [-0.3, -0.25) is 4.68 Å². The van der Waals surface area contributed by atoms with Crippen LogP contribution in [0.5, 0.6) is 0 Å². The first kappa shape index (κ1) is 14.2. The van der Waals surface area contributed by atoms with Crippen molar-refractivity contribution >= 4 is 0 Å². The number of hydrogen-bond acceptors (Lipinski definition) is 3. The molecule has 0 amide bonds. The molecule has 1 aromatic rings. The van der Waals surface area contributed by atoms with Crippen molar-refractivity contribution in [2.75, 3.05) is 20.1 Å². The number of aryl methyl sites for hydroxylation is 2. The van der Waals surface area contributed by atoms with E-state index in [1.54, 1.807) is 0 Å². The molecule has 0 unspecified atom stereocenters. The van der Waals surface area contributed by atoms with E-state index in [0.29, 0.717) is 0 Å². The van der Waals surface area contributed by atoms with Gasteiger partial charge in [0.1, 0.15) is 0 Å². The molecule has 17 heavy (non-hydrogen) atoms. The zero-order valence-electron chi connectivity index (χ0n) is 11.4. The minimum Gasteiger partial charge on any atom is -0.330 e. The first-order valence-corrected chi connectivity index (χ1v) is 6.59. The van der Waals surface area contributed by atoms with Crippen molar-refractivity contribution in [2.45, 2.75) is 46.2 Å². The highest BCUT2D eigenvalue weighted by molar-refractivity contribution is 5.15. The predicted molar refractivity (Wildman–Crippen MR) is 71.9 cm³/mol. The monoisotopic (exact) mass is 238 g/mol. The second-order valence-electron chi connectivity index (χ2n) is 4.68. The maximum atomic E-state index is 5.48. The smallest absolute Gasteiger partial charge is 0.0638 e. The van der Waals surface area contributed by atoms with E-state index in [-0.39, 0.29) is 0 Å². The average molecular weight is 238 g/mol. The van der Waals surface area contributed by atoms with Crippen molar-refractivity contribution in [1.82, 2.24) is 14.7 Å². The number of hydrogen-bond donors (Lipinski definition) is 1. The molecule has 0 spiro atoms. The van der Waals surface area contributed by atoms with Gasteiger partial charge in [-0.2, -0.15) is 5.10 Å². The van der Waals surface area contributed by atoms with Crippen LogP contribution in [-0.4, -0.2) is 34.8 Å². The van der Waals surface area contributed by atoms with Crippen LogP contribution < -0.4 is 5.73 Å². The molecule has 0 aliphatic rings. The molecule has 0 radical (unpaired) electrons. The van der Waals surface area contributed by atoms with E-state index < -0.39 is 0 Å². The van der Waals surface area contributed by atoms with Crippen LogP contribution in [0.4, 0.5) is 0 Å². The van der Waals surface area contributed by atoms with E-state index in [0.717, 1.165) is 38.3 Å². The highest BCUT2D eigenvalue weighted by Crippen LogP contribution is 2.09. The van der Waals surface area contributed by atoms with Crippen LogP contribution in [0.25, 0.3) is 0 Å². The van der Waals surface area contributed by atoms with Crippen molar-refractivity contribution in [3.63, 3.8) is 0 Å². The number of nitrogens with zero attached hydrogens (tertiary/aromatic N) is 3. The molecule has 0 aliphatic heterocycles. The zero-order valence-corrected chi connectivity index (χ0v) is 11.4. The van der Waals surface area contributed by atoms with Gasteiger partial charge in [0.05, 0.1) is 5.69 Å². The minimum atomic E-state index is 0.812. The Morgan fingerprint density at radius 2 is 2.12 bits per heavy atom. The minimum absolute atomic E-state index is 0.812. The molecule has 4 heteroatoms. The van der Waals surface area contributed by atoms with Gasteiger partial charge in [-0.15, -0.1) is 0 Å². The van der Waals surface area contributed by atoms with E-state index >= 15 is 0 Å². The van der Waals surface area contributed by atoms with Crippen molar-refractivity contribution in [3.8, 4) is 0 Å². The van der Waals surface area contributed by atoms with Crippen molar-refractivity contribution in [3.05, 3.63) is 17.5 Å². The Bertz CT molecular complexity index is 319. The Balaban J connectivity index is 2.34. The largest absolute Gasteiger partial charge is 0.330 e. The normalized spacial score (nSPS) is 11.4. The van der Waals surface area contributed by atoms with Gasteiger partial charge in [-0.25, -0.2) is 0 Å². The van der Waals surface area contributed by atoms with Gasteiger partial charge in [0, 0.05) is 24.8 Å². The van der Waals surface area contributed by atoms with Crippen LogP contribution in [0.1, 0.15) is 37.4 Å². The lowest BCUT2D eigenvalue weighted by atomic mass is 10.2. The molecule has 0 saturated heterocycles. The molecule has 1 rings (SSSR count). The number of nitrogens with two attached hydrogens (primary N) is 1. The Labute approximate surface area is 105 Å². The van der Waals surface area contributed by atoms with Crippen LogP contribution in [0.15, 0.2) is 6.20 Å². The number of rotatable bonds is 8. The summed E-state index contributed by atoms with van der Waals surface area (Å²) in [5.41, 5.74) is 7.98. The summed E-state index contributed by atoms with van der Waals surface area (Å²) in [6.07, 6.45) is 5.76. The van der Waals surface area contributed by atoms with Gasteiger partial charge in [0.2, 0.25) is 0 Å². The van der Waals surface area contributed by atoms with E-state index in [4.69, 9.17) is 5.73 Å². The molecule has 98 valence electrons. The summed E-state index contributed by atoms with van der Waals surface area (Å²) in [5, 5.41) is 4.47. The van der Waals surface area contributed by atoms with Crippen molar-refractivity contribution in [2.24, 2.45) is 5.73 Å². The molecule has 2 N–H and O–H groups in total. The van der Waals surface area contributed by atoms with Gasteiger partial charge in [-0.1, -0.05) is 6.42 Å². The zero-order chi connectivity index (χ0) is 12.7. The lowest BCUT2D eigenvalue weighted by molar-refractivity contribution is 0.317. The van der Waals surface area contributed by atoms with Crippen LogP contribution in [-0.2, 0) is 13.1 Å². The van der Waals surface area contributed by atoms with Crippen LogP contribution in [0.2, 0.25) is 0 Å². The second kappa shape index (κ2) is 7.45. The topological polar surface area (TPSA) is 47.1 Å². The molecule has 0 saturated carbocycles. The van der Waals surface area contributed by atoms with Gasteiger partial charge in [0.15, 0.2) is 0 Å². The Kier molecular flexibility index (Phi) is 6.22.